The number of aryl methyl sites for hydroxylation is 2. The molecule has 0 aliphatic carbocycles. The van der Waals surface area contributed by atoms with Crippen LogP contribution in [-0.2, 0) is 7.05 Å². The third-order valence-electron chi connectivity index (χ3n) is 2.75. The minimum atomic E-state index is -0.207. The van der Waals surface area contributed by atoms with Gasteiger partial charge in [0.1, 0.15) is 5.75 Å². The molecule has 2 aromatic rings. The Bertz CT molecular complexity index is 605. The summed E-state index contributed by atoms with van der Waals surface area (Å²) in [5.74, 6) is 0.652. The molecular weight excluding hydrogens is 252 g/mol. The third kappa shape index (κ3) is 2.11. The Balaban J connectivity index is 2.54. The van der Waals surface area contributed by atoms with Gasteiger partial charge in [0, 0.05) is 24.5 Å². The molecule has 0 saturated carbocycles. The van der Waals surface area contributed by atoms with Crippen LogP contribution in [-0.4, -0.2) is 22.4 Å². The summed E-state index contributed by atoms with van der Waals surface area (Å²) in [4.78, 5) is 16.4. The average molecular weight is 265 g/mol. The molecule has 0 radical (unpaired) electrons. The van der Waals surface area contributed by atoms with Gasteiger partial charge in [0.05, 0.1) is 12.7 Å². The molecule has 2 rings (SSSR count). The van der Waals surface area contributed by atoms with Crippen LogP contribution in [0.15, 0.2) is 24.5 Å². The van der Waals surface area contributed by atoms with Crippen molar-refractivity contribution >= 4 is 17.4 Å². The number of carbonyl (C=O) groups is 1. The number of ether oxygens (including phenoxy) is 1. The fraction of sp³-hybridized carbons (Fsp3) is 0.231. The zero-order valence-electron chi connectivity index (χ0n) is 10.4. The van der Waals surface area contributed by atoms with Crippen molar-refractivity contribution in [3.63, 3.8) is 0 Å². The Hall–Kier alpha value is -1.81. The number of halogens is 1. The monoisotopic (exact) mass is 264 g/mol. The largest absolute Gasteiger partial charge is 0.496 e. The summed E-state index contributed by atoms with van der Waals surface area (Å²) in [5, 5.41) is 0.536. The predicted molar refractivity (Wildman–Crippen MR) is 69.4 cm³/mol. The number of hydrogen-bond acceptors (Lipinski definition) is 3. The zero-order chi connectivity index (χ0) is 13.3. The van der Waals surface area contributed by atoms with Crippen molar-refractivity contribution in [2.45, 2.75) is 6.92 Å². The first-order valence-electron chi connectivity index (χ1n) is 5.40. The molecule has 4 nitrogen and oxygen atoms in total. The normalized spacial score (nSPS) is 10.4. The summed E-state index contributed by atoms with van der Waals surface area (Å²) in [5.41, 5.74) is 1.28. The highest BCUT2D eigenvalue weighted by molar-refractivity contribution is 6.32. The van der Waals surface area contributed by atoms with E-state index in [1.54, 1.807) is 36.1 Å². The van der Waals surface area contributed by atoms with E-state index in [4.69, 9.17) is 16.3 Å². The van der Waals surface area contributed by atoms with E-state index >= 15 is 0 Å². The van der Waals surface area contributed by atoms with E-state index in [1.165, 1.54) is 7.11 Å². The molecule has 1 aromatic heterocycles. The van der Waals surface area contributed by atoms with Crippen LogP contribution in [0.5, 0.6) is 5.75 Å². The number of benzene rings is 1. The Morgan fingerprint density at radius 2 is 2.17 bits per heavy atom. The highest BCUT2D eigenvalue weighted by Gasteiger charge is 2.19. The molecule has 5 heteroatoms. The minimum absolute atomic E-state index is 0.207. The summed E-state index contributed by atoms with van der Waals surface area (Å²) in [6, 6.07) is 3.37. The molecule has 0 N–H and O–H groups in total. The summed E-state index contributed by atoms with van der Waals surface area (Å²) in [6.45, 7) is 1.86. The molecule has 0 saturated heterocycles. The number of rotatable bonds is 3. The summed E-state index contributed by atoms with van der Waals surface area (Å²) < 4.78 is 6.89. The Labute approximate surface area is 110 Å². The fourth-order valence-electron chi connectivity index (χ4n) is 1.71. The second-order valence-electron chi connectivity index (χ2n) is 3.99. The standard InChI is InChI=1S/C13H13ClN2O2/c1-8-6-11(18-3)9(7-10(8)14)12(17)13-15-4-5-16(13)2/h4-7H,1-3H3. The zero-order valence-corrected chi connectivity index (χ0v) is 11.2. The van der Waals surface area contributed by atoms with Gasteiger partial charge in [0.15, 0.2) is 5.82 Å². The lowest BCUT2D eigenvalue weighted by Crippen LogP contribution is -2.10. The van der Waals surface area contributed by atoms with Crippen LogP contribution in [0.4, 0.5) is 0 Å². The van der Waals surface area contributed by atoms with Crippen LogP contribution >= 0.6 is 11.6 Å². The number of nitrogens with zero attached hydrogens (tertiary/aromatic N) is 2. The molecule has 0 bridgehead atoms. The maximum Gasteiger partial charge on any atom is 0.232 e. The third-order valence-corrected chi connectivity index (χ3v) is 3.16. The van der Waals surface area contributed by atoms with Crippen molar-refractivity contribution < 1.29 is 9.53 Å². The van der Waals surface area contributed by atoms with Crippen molar-refractivity contribution in [1.29, 1.82) is 0 Å². The number of carbonyl (C=O) groups excluding carboxylic acids is 1. The molecule has 1 heterocycles. The van der Waals surface area contributed by atoms with Gasteiger partial charge in [0.25, 0.3) is 0 Å². The highest BCUT2D eigenvalue weighted by Crippen LogP contribution is 2.28. The van der Waals surface area contributed by atoms with E-state index in [9.17, 15) is 4.79 Å². The maximum atomic E-state index is 12.3. The van der Waals surface area contributed by atoms with E-state index in [0.29, 0.717) is 22.2 Å². The lowest BCUT2D eigenvalue weighted by atomic mass is 10.1. The Morgan fingerprint density at radius 3 is 2.72 bits per heavy atom. The van der Waals surface area contributed by atoms with E-state index < -0.39 is 0 Å². The maximum absolute atomic E-state index is 12.3. The van der Waals surface area contributed by atoms with Crippen molar-refractivity contribution in [2.75, 3.05) is 7.11 Å². The van der Waals surface area contributed by atoms with Gasteiger partial charge in [-0.15, -0.1) is 0 Å². The lowest BCUT2D eigenvalue weighted by Gasteiger charge is -2.10. The second-order valence-corrected chi connectivity index (χ2v) is 4.40. The van der Waals surface area contributed by atoms with Gasteiger partial charge < -0.3 is 9.30 Å². The molecule has 0 amide bonds. The first-order valence-corrected chi connectivity index (χ1v) is 5.78. The van der Waals surface area contributed by atoms with Crippen molar-refractivity contribution in [3.8, 4) is 5.75 Å². The molecular formula is C13H13ClN2O2. The number of hydrogen-bond donors (Lipinski definition) is 0. The van der Waals surface area contributed by atoms with Crippen molar-refractivity contribution in [2.24, 2.45) is 7.05 Å². The Morgan fingerprint density at radius 1 is 1.44 bits per heavy atom. The first kappa shape index (κ1) is 12.6. The molecule has 94 valence electrons. The fourth-order valence-corrected chi connectivity index (χ4v) is 1.87. The van der Waals surface area contributed by atoms with Crippen molar-refractivity contribution in [3.05, 3.63) is 46.5 Å². The highest BCUT2D eigenvalue weighted by atomic mass is 35.5. The first-order chi connectivity index (χ1) is 8.54. The molecule has 1 aromatic carbocycles. The van der Waals surface area contributed by atoms with Crippen LogP contribution in [0.1, 0.15) is 21.7 Å². The molecule has 0 unspecified atom stereocenters. The molecule has 0 aliphatic heterocycles. The van der Waals surface area contributed by atoms with Crippen LogP contribution in [0.2, 0.25) is 5.02 Å². The van der Waals surface area contributed by atoms with Gasteiger partial charge in [-0.25, -0.2) is 4.98 Å². The molecule has 0 aliphatic rings. The van der Waals surface area contributed by atoms with Gasteiger partial charge in [-0.05, 0) is 24.6 Å². The molecule has 18 heavy (non-hydrogen) atoms. The van der Waals surface area contributed by atoms with E-state index in [0.717, 1.165) is 5.56 Å². The molecule has 0 spiro atoms. The SMILES string of the molecule is COc1cc(C)c(Cl)cc1C(=O)c1nccn1C. The van der Waals surface area contributed by atoms with Gasteiger partial charge in [-0.2, -0.15) is 0 Å². The predicted octanol–water partition coefficient (Wildman–Crippen LogP) is 2.62. The number of ketones is 1. The second kappa shape index (κ2) is 4.82. The van der Waals surface area contributed by atoms with Crippen LogP contribution in [0.3, 0.4) is 0 Å². The summed E-state index contributed by atoms with van der Waals surface area (Å²) in [6.07, 6.45) is 3.30. The van der Waals surface area contributed by atoms with Gasteiger partial charge in [-0.3, -0.25) is 4.79 Å². The quantitative estimate of drug-likeness (QED) is 0.801. The van der Waals surface area contributed by atoms with E-state index in [-0.39, 0.29) is 5.78 Å². The molecule has 0 fully saturated rings. The molecule has 0 atom stereocenters. The van der Waals surface area contributed by atoms with E-state index in [2.05, 4.69) is 4.98 Å². The van der Waals surface area contributed by atoms with E-state index in [1.807, 2.05) is 6.92 Å². The minimum Gasteiger partial charge on any atom is -0.496 e. The van der Waals surface area contributed by atoms with Gasteiger partial charge in [-0.1, -0.05) is 11.6 Å². The Kier molecular flexibility index (Phi) is 3.39. The van der Waals surface area contributed by atoms with Crippen molar-refractivity contribution in [1.82, 2.24) is 9.55 Å². The van der Waals surface area contributed by atoms with Gasteiger partial charge in [0.2, 0.25) is 5.78 Å². The smallest absolute Gasteiger partial charge is 0.232 e. The van der Waals surface area contributed by atoms with Gasteiger partial charge >= 0.3 is 0 Å². The number of imidazole rings is 1. The number of aromatic nitrogens is 2. The topological polar surface area (TPSA) is 44.1 Å². The average Bonchev–Trinajstić information content (AvgIpc) is 2.77. The lowest BCUT2D eigenvalue weighted by molar-refractivity contribution is 0.102. The van der Waals surface area contributed by atoms with Crippen LogP contribution < -0.4 is 4.74 Å². The van der Waals surface area contributed by atoms with Crippen LogP contribution in [0, 0.1) is 6.92 Å². The number of methoxy groups -OCH3 is 1. The summed E-state index contributed by atoms with van der Waals surface area (Å²) >= 11 is 6.05. The summed E-state index contributed by atoms with van der Waals surface area (Å²) in [7, 11) is 3.29. The van der Waals surface area contributed by atoms with Crippen LogP contribution in [0.25, 0.3) is 0 Å².